The zero-order valence-electron chi connectivity index (χ0n) is 16.2. The van der Waals surface area contributed by atoms with Crippen molar-refractivity contribution in [3.63, 3.8) is 0 Å². The molecule has 0 aliphatic heterocycles. The molecule has 3 heteroatoms. The minimum Gasteiger partial charge on any atom is -0.353 e. The lowest BCUT2D eigenvalue weighted by molar-refractivity contribution is 0.434. The summed E-state index contributed by atoms with van der Waals surface area (Å²) in [5.74, 6) is 0.765. The summed E-state index contributed by atoms with van der Waals surface area (Å²) in [4.78, 5) is 0. The second kappa shape index (κ2) is 6.75. The van der Waals surface area contributed by atoms with E-state index in [0.717, 1.165) is 39.3 Å². The van der Waals surface area contributed by atoms with Crippen LogP contribution in [0.25, 0.3) is 50.1 Å². The fourth-order valence-electron chi connectivity index (χ4n) is 4.22. The van der Waals surface area contributed by atoms with Crippen LogP contribution in [0.5, 0.6) is 0 Å². The number of fused-ring (bicyclic) bond motifs is 3. The zero-order valence-corrected chi connectivity index (χ0v) is 16.2. The van der Waals surface area contributed by atoms with Gasteiger partial charge < -0.3 is 9.09 Å². The second-order valence-corrected chi connectivity index (χ2v) is 7.31. The highest BCUT2D eigenvalue weighted by Gasteiger charge is 2.24. The third kappa shape index (κ3) is 2.49. The van der Waals surface area contributed by atoms with Gasteiger partial charge in [0.25, 0.3) is 0 Å². The lowest BCUT2D eigenvalue weighted by Crippen LogP contribution is -1.97. The van der Waals surface area contributed by atoms with E-state index in [1.807, 2.05) is 36.4 Å². The lowest BCUT2D eigenvalue weighted by atomic mass is 10.1. The fraction of sp³-hybridized carbons (Fsp3) is 0. The SMILES string of the molecule is c1ccc(-c2noc(-c3ccccc3)c2-n2c3ccccc3c3ccccc32)cc1. The average molecular weight is 386 g/mol. The minimum atomic E-state index is 0.765. The molecule has 6 rings (SSSR count). The van der Waals surface area contributed by atoms with E-state index in [1.165, 1.54) is 10.8 Å². The smallest absolute Gasteiger partial charge is 0.191 e. The highest BCUT2D eigenvalue weighted by atomic mass is 16.5. The largest absolute Gasteiger partial charge is 0.353 e. The molecule has 0 unspecified atom stereocenters. The Bertz CT molecular complexity index is 1370. The number of benzene rings is 4. The van der Waals surface area contributed by atoms with Gasteiger partial charge in [-0.3, -0.25) is 0 Å². The van der Waals surface area contributed by atoms with Gasteiger partial charge in [0.15, 0.2) is 5.76 Å². The molecule has 0 aliphatic carbocycles. The van der Waals surface area contributed by atoms with Crippen LogP contribution in [-0.2, 0) is 0 Å². The summed E-state index contributed by atoms with van der Waals surface area (Å²) >= 11 is 0. The predicted octanol–water partition coefficient (Wildman–Crippen LogP) is 7.11. The molecule has 0 atom stereocenters. The highest BCUT2D eigenvalue weighted by Crippen LogP contribution is 2.40. The van der Waals surface area contributed by atoms with E-state index in [-0.39, 0.29) is 0 Å². The monoisotopic (exact) mass is 386 g/mol. The van der Waals surface area contributed by atoms with Gasteiger partial charge in [-0.05, 0) is 12.1 Å². The van der Waals surface area contributed by atoms with Crippen molar-refractivity contribution in [2.45, 2.75) is 0 Å². The van der Waals surface area contributed by atoms with E-state index in [0.29, 0.717) is 0 Å². The molecule has 0 aliphatic rings. The molecule has 30 heavy (non-hydrogen) atoms. The number of hydrogen-bond acceptors (Lipinski definition) is 2. The summed E-state index contributed by atoms with van der Waals surface area (Å²) in [5.41, 5.74) is 6.10. The van der Waals surface area contributed by atoms with Gasteiger partial charge in [-0.2, -0.15) is 0 Å². The van der Waals surface area contributed by atoms with Gasteiger partial charge in [-0.15, -0.1) is 0 Å². The van der Waals surface area contributed by atoms with Crippen molar-refractivity contribution in [2.75, 3.05) is 0 Å². The molecule has 2 heterocycles. The van der Waals surface area contributed by atoms with Gasteiger partial charge in [-0.1, -0.05) is 102 Å². The van der Waals surface area contributed by atoms with Crippen LogP contribution in [0.1, 0.15) is 0 Å². The Labute approximate surface area is 173 Å². The third-order valence-electron chi connectivity index (χ3n) is 5.55. The first-order valence-corrected chi connectivity index (χ1v) is 10.0. The maximum atomic E-state index is 5.99. The number of aromatic nitrogens is 2. The van der Waals surface area contributed by atoms with Crippen LogP contribution in [-0.4, -0.2) is 9.72 Å². The van der Waals surface area contributed by atoms with Crippen molar-refractivity contribution in [1.82, 2.24) is 9.72 Å². The minimum absolute atomic E-state index is 0.765. The topological polar surface area (TPSA) is 31.0 Å². The molecular formula is C27H18N2O. The second-order valence-electron chi connectivity index (χ2n) is 7.31. The van der Waals surface area contributed by atoms with Gasteiger partial charge in [-0.25, -0.2) is 0 Å². The molecule has 0 radical (unpaired) electrons. The molecule has 0 fully saturated rings. The Morgan fingerprint density at radius 2 is 1.03 bits per heavy atom. The first-order valence-electron chi connectivity index (χ1n) is 10.0. The number of para-hydroxylation sites is 2. The van der Waals surface area contributed by atoms with E-state index in [4.69, 9.17) is 4.52 Å². The van der Waals surface area contributed by atoms with Gasteiger partial charge in [0.2, 0.25) is 0 Å². The van der Waals surface area contributed by atoms with Crippen molar-refractivity contribution < 1.29 is 4.52 Å². The Kier molecular flexibility index (Phi) is 3.78. The molecule has 0 amide bonds. The first-order chi connectivity index (χ1) is 14.9. The van der Waals surface area contributed by atoms with Crippen molar-refractivity contribution >= 4 is 21.8 Å². The molecule has 0 spiro atoms. The maximum absolute atomic E-state index is 5.99. The average Bonchev–Trinajstić information content (AvgIpc) is 3.39. The number of nitrogens with zero attached hydrogens (tertiary/aromatic N) is 2. The van der Waals surface area contributed by atoms with Crippen molar-refractivity contribution in [3.8, 4) is 28.3 Å². The first kappa shape index (κ1) is 16.8. The van der Waals surface area contributed by atoms with Crippen LogP contribution < -0.4 is 0 Å². The van der Waals surface area contributed by atoms with Gasteiger partial charge >= 0.3 is 0 Å². The van der Waals surface area contributed by atoms with Crippen molar-refractivity contribution in [1.29, 1.82) is 0 Å². The van der Waals surface area contributed by atoms with Crippen LogP contribution in [0.15, 0.2) is 114 Å². The molecule has 0 saturated heterocycles. The third-order valence-corrected chi connectivity index (χ3v) is 5.55. The Balaban J connectivity index is 1.77. The summed E-state index contributed by atoms with van der Waals surface area (Å²) in [5, 5.41) is 6.97. The fourth-order valence-corrected chi connectivity index (χ4v) is 4.22. The molecular weight excluding hydrogens is 368 g/mol. The summed E-state index contributed by atoms with van der Waals surface area (Å²) in [6.45, 7) is 0. The van der Waals surface area contributed by atoms with Crippen molar-refractivity contribution in [3.05, 3.63) is 109 Å². The van der Waals surface area contributed by atoms with Crippen LogP contribution in [0.3, 0.4) is 0 Å². The predicted molar refractivity (Wildman–Crippen MR) is 122 cm³/mol. The summed E-state index contributed by atoms with van der Waals surface area (Å²) in [6.07, 6.45) is 0. The number of rotatable bonds is 3. The molecule has 4 aromatic carbocycles. The van der Waals surface area contributed by atoms with E-state index < -0.39 is 0 Å². The lowest BCUT2D eigenvalue weighted by Gasteiger charge is -2.10. The maximum Gasteiger partial charge on any atom is 0.191 e. The van der Waals surface area contributed by atoms with Crippen molar-refractivity contribution in [2.24, 2.45) is 0 Å². The molecule has 0 N–H and O–H groups in total. The summed E-state index contributed by atoms with van der Waals surface area (Å²) in [7, 11) is 0. The quantitative estimate of drug-likeness (QED) is 0.325. The highest BCUT2D eigenvalue weighted by molar-refractivity contribution is 6.10. The Morgan fingerprint density at radius 1 is 0.533 bits per heavy atom. The summed E-state index contributed by atoms with van der Waals surface area (Å²) < 4.78 is 8.27. The molecule has 6 aromatic rings. The van der Waals surface area contributed by atoms with Gasteiger partial charge in [0.05, 0.1) is 11.0 Å². The Hall–Kier alpha value is -4.11. The zero-order chi connectivity index (χ0) is 19.9. The van der Waals surface area contributed by atoms with Gasteiger partial charge in [0, 0.05) is 21.9 Å². The number of hydrogen-bond donors (Lipinski definition) is 0. The van der Waals surface area contributed by atoms with Gasteiger partial charge in [0.1, 0.15) is 11.4 Å². The van der Waals surface area contributed by atoms with E-state index >= 15 is 0 Å². The van der Waals surface area contributed by atoms with E-state index in [9.17, 15) is 0 Å². The Morgan fingerprint density at radius 3 is 1.63 bits per heavy atom. The molecule has 3 nitrogen and oxygen atoms in total. The van der Waals surface area contributed by atoms with Crippen LogP contribution in [0.4, 0.5) is 0 Å². The summed E-state index contributed by atoms with van der Waals surface area (Å²) in [6, 6.07) is 37.4. The van der Waals surface area contributed by atoms with E-state index in [1.54, 1.807) is 0 Å². The molecule has 0 saturated carbocycles. The van der Waals surface area contributed by atoms with Crippen LogP contribution in [0, 0.1) is 0 Å². The van der Waals surface area contributed by atoms with Crippen LogP contribution >= 0.6 is 0 Å². The standard InChI is InChI=1S/C27H18N2O/c1-3-11-19(12-4-1)25-26(27(30-28-25)20-13-5-2-6-14-20)29-23-17-9-7-15-21(23)22-16-8-10-18-24(22)29/h1-18H. The molecule has 142 valence electrons. The molecule has 2 aromatic heterocycles. The normalized spacial score (nSPS) is 11.3. The van der Waals surface area contributed by atoms with Crippen LogP contribution in [0.2, 0.25) is 0 Å². The van der Waals surface area contributed by atoms with E-state index in [2.05, 4.69) is 82.5 Å². The molecule has 0 bridgehead atoms.